The smallest absolute Gasteiger partial charge is 0.272 e. The first-order valence-corrected chi connectivity index (χ1v) is 9.45. The summed E-state index contributed by atoms with van der Waals surface area (Å²) in [5, 5.41) is 2.51. The molecule has 0 saturated heterocycles. The molecule has 2 aromatic carbocycles. The molecule has 7 nitrogen and oxygen atoms in total. The van der Waals surface area contributed by atoms with Gasteiger partial charge in [0.25, 0.3) is 17.4 Å². The summed E-state index contributed by atoms with van der Waals surface area (Å²) in [5.74, 6) is -0.815. The van der Waals surface area contributed by atoms with Crippen molar-refractivity contribution >= 4 is 34.3 Å². The number of fused-ring (bicyclic) bond motifs is 1. The molecule has 2 heterocycles. The van der Waals surface area contributed by atoms with Crippen LogP contribution in [-0.2, 0) is 0 Å². The van der Waals surface area contributed by atoms with Gasteiger partial charge in [0.1, 0.15) is 0 Å². The molecule has 0 radical (unpaired) electrons. The number of carbonyl (C=O) groups is 2. The summed E-state index contributed by atoms with van der Waals surface area (Å²) in [6.07, 6.45) is 3.30. The number of hydrogen-bond acceptors (Lipinski definition) is 3. The van der Waals surface area contributed by atoms with Crippen LogP contribution in [0.1, 0.15) is 20.7 Å². The first-order valence-electron chi connectivity index (χ1n) is 9.08. The van der Waals surface area contributed by atoms with Gasteiger partial charge in [0.2, 0.25) is 0 Å². The van der Waals surface area contributed by atoms with E-state index in [-0.39, 0.29) is 11.5 Å². The fraction of sp³-hybridized carbons (Fsp3) is 0.0455. The van der Waals surface area contributed by atoms with Crippen molar-refractivity contribution in [3.8, 4) is 5.69 Å². The number of H-pyrrole nitrogens is 1. The van der Waals surface area contributed by atoms with Gasteiger partial charge in [-0.1, -0.05) is 23.7 Å². The van der Waals surface area contributed by atoms with E-state index in [0.29, 0.717) is 21.8 Å². The molecule has 0 aliphatic carbocycles. The van der Waals surface area contributed by atoms with Crippen molar-refractivity contribution in [2.45, 2.75) is 0 Å². The Hall–Kier alpha value is -3.84. The second-order valence-electron chi connectivity index (χ2n) is 6.66. The molecule has 0 bridgehead atoms. The molecule has 0 aliphatic rings. The minimum Gasteiger partial charge on any atom is -0.360 e. The average Bonchev–Trinajstić information content (AvgIpc) is 3.14. The number of aromatic amines is 1. The summed E-state index contributed by atoms with van der Waals surface area (Å²) in [7, 11) is 1.47. The molecule has 4 aromatic rings. The number of amides is 2. The maximum Gasteiger partial charge on any atom is 0.272 e. The molecule has 2 N–H and O–H groups in total. The molecule has 0 unspecified atom stereocenters. The van der Waals surface area contributed by atoms with Crippen LogP contribution in [0.2, 0.25) is 5.02 Å². The van der Waals surface area contributed by atoms with E-state index >= 15 is 0 Å². The van der Waals surface area contributed by atoms with Crippen LogP contribution in [0.15, 0.2) is 77.9 Å². The zero-order valence-electron chi connectivity index (χ0n) is 15.9. The molecule has 0 atom stereocenters. The Kier molecular flexibility index (Phi) is 5.12. The van der Waals surface area contributed by atoms with Crippen molar-refractivity contribution < 1.29 is 9.59 Å². The van der Waals surface area contributed by atoms with Gasteiger partial charge in [-0.3, -0.25) is 29.4 Å². The number of aromatic nitrogens is 2. The predicted molar refractivity (Wildman–Crippen MR) is 115 cm³/mol. The van der Waals surface area contributed by atoms with Crippen LogP contribution in [0.25, 0.3) is 16.6 Å². The van der Waals surface area contributed by atoms with Gasteiger partial charge in [-0.05, 0) is 42.5 Å². The first kappa shape index (κ1) is 19.5. The zero-order chi connectivity index (χ0) is 21.3. The van der Waals surface area contributed by atoms with Crippen LogP contribution in [0.3, 0.4) is 0 Å². The number of hydrazine groups is 1. The second-order valence-corrected chi connectivity index (χ2v) is 7.07. The van der Waals surface area contributed by atoms with Crippen LogP contribution in [-0.4, -0.2) is 33.4 Å². The summed E-state index contributed by atoms with van der Waals surface area (Å²) >= 11 is 6.05. The molecule has 0 saturated carbocycles. The van der Waals surface area contributed by atoms with E-state index in [2.05, 4.69) is 10.4 Å². The van der Waals surface area contributed by atoms with Crippen molar-refractivity contribution in [3.05, 3.63) is 99.6 Å². The van der Waals surface area contributed by atoms with Crippen molar-refractivity contribution in [1.82, 2.24) is 20.0 Å². The molecular formula is C22H17ClN4O3. The quantitative estimate of drug-likeness (QED) is 0.498. The predicted octanol–water partition coefficient (Wildman–Crippen LogP) is 3.39. The Morgan fingerprint density at radius 3 is 2.50 bits per heavy atom. The minimum atomic E-state index is -0.425. The maximum atomic E-state index is 12.7. The molecule has 2 amide bonds. The summed E-state index contributed by atoms with van der Waals surface area (Å²) in [6.45, 7) is 0. The van der Waals surface area contributed by atoms with E-state index in [9.17, 15) is 14.4 Å². The lowest BCUT2D eigenvalue weighted by Gasteiger charge is -2.18. The molecule has 30 heavy (non-hydrogen) atoms. The van der Waals surface area contributed by atoms with Crippen LogP contribution in [0.5, 0.6) is 0 Å². The van der Waals surface area contributed by atoms with Crippen molar-refractivity contribution in [2.24, 2.45) is 0 Å². The number of halogens is 1. The summed E-state index contributed by atoms with van der Waals surface area (Å²) in [5.41, 5.74) is 4.53. The summed E-state index contributed by atoms with van der Waals surface area (Å²) < 4.78 is 1.47. The van der Waals surface area contributed by atoms with Gasteiger partial charge < -0.3 is 4.98 Å². The number of pyridine rings is 1. The standard InChI is InChI=1S/C22H17ClN4O3/c1-26(25-21(29)15-7-10-17-18(23)13-24-19(17)12-15)22(30)14-5-8-16(9-6-14)27-11-3-2-4-20(27)28/h2-13,24H,1H3,(H,25,29). The third-order valence-electron chi connectivity index (χ3n) is 4.68. The number of benzene rings is 2. The molecule has 0 spiro atoms. The lowest BCUT2D eigenvalue weighted by atomic mass is 10.1. The topological polar surface area (TPSA) is 87.2 Å². The van der Waals surface area contributed by atoms with Crippen molar-refractivity contribution in [3.63, 3.8) is 0 Å². The molecule has 150 valence electrons. The highest BCUT2D eigenvalue weighted by atomic mass is 35.5. The van der Waals surface area contributed by atoms with Gasteiger partial charge >= 0.3 is 0 Å². The highest BCUT2D eigenvalue weighted by Gasteiger charge is 2.16. The Morgan fingerprint density at radius 2 is 1.77 bits per heavy atom. The monoisotopic (exact) mass is 420 g/mol. The SMILES string of the molecule is CN(NC(=O)c1ccc2c(Cl)c[nH]c2c1)C(=O)c1ccc(-n2ccccc2=O)cc1. The van der Waals surface area contributed by atoms with Crippen LogP contribution in [0, 0.1) is 0 Å². The number of nitrogens with one attached hydrogen (secondary N) is 2. The third-order valence-corrected chi connectivity index (χ3v) is 4.99. The highest BCUT2D eigenvalue weighted by molar-refractivity contribution is 6.35. The summed E-state index contributed by atoms with van der Waals surface area (Å²) in [4.78, 5) is 40.1. The maximum absolute atomic E-state index is 12.7. The molecular weight excluding hydrogens is 404 g/mol. The average molecular weight is 421 g/mol. The van der Waals surface area contributed by atoms with Crippen LogP contribution < -0.4 is 11.0 Å². The van der Waals surface area contributed by atoms with E-state index in [1.807, 2.05) is 0 Å². The van der Waals surface area contributed by atoms with Gasteiger partial charge in [0.05, 0.1) is 5.02 Å². The fourth-order valence-corrected chi connectivity index (χ4v) is 3.32. The fourth-order valence-electron chi connectivity index (χ4n) is 3.10. The van der Waals surface area contributed by atoms with Gasteiger partial charge in [0, 0.05) is 53.2 Å². The van der Waals surface area contributed by atoms with Crippen LogP contribution >= 0.6 is 11.6 Å². The Balaban J connectivity index is 1.48. The first-order chi connectivity index (χ1) is 14.4. The van der Waals surface area contributed by atoms with Gasteiger partial charge in [-0.25, -0.2) is 0 Å². The number of hydrogen-bond donors (Lipinski definition) is 2. The lowest BCUT2D eigenvalue weighted by molar-refractivity contribution is 0.0636. The number of carbonyl (C=O) groups excluding carboxylic acids is 2. The second kappa shape index (κ2) is 7.88. The molecule has 2 aromatic heterocycles. The molecule has 0 aliphatic heterocycles. The van der Waals surface area contributed by atoms with E-state index in [4.69, 9.17) is 11.6 Å². The number of nitrogens with zero attached hydrogens (tertiary/aromatic N) is 2. The van der Waals surface area contributed by atoms with E-state index < -0.39 is 5.91 Å². The van der Waals surface area contributed by atoms with Crippen molar-refractivity contribution in [2.75, 3.05) is 7.05 Å². The normalized spacial score (nSPS) is 10.7. The highest BCUT2D eigenvalue weighted by Crippen LogP contribution is 2.23. The Morgan fingerprint density at radius 1 is 1.03 bits per heavy atom. The van der Waals surface area contributed by atoms with E-state index in [1.165, 1.54) is 17.7 Å². The third kappa shape index (κ3) is 3.70. The largest absolute Gasteiger partial charge is 0.360 e. The van der Waals surface area contributed by atoms with Crippen LogP contribution in [0.4, 0.5) is 0 Å². The van der Waals surface area contributed by atoms with Gasteiger partial charge in [-0.2, -0.15) is 0 Å². The Labute approximate surface area is 176 Å². The number of rotatable bonds is 3. The molecule has 4 rings (SSSR count). The molecule has 0 fully saturated rings. The van der Waals surface area contributed by atoms with Crippen molar-refractivity contribution in [1.29, 1.82) is 0 Å². The van der Waals surface area contributed by atoms with Gasteiger partial charge in [0.15, 0.2) is 0 Å². The summed E-state index contributed by atoms with van der Waals surface area (Å²) in [6, 6.07) is 16.5. The lowest BCUT2D eigenvalue weighted by Crippen LogP contribution is -2.43. The minimum absolute atomic E-state index is 0.165. The Bertz CT molecular complexity index is 1310. The van der Waals surface area contributed by atoms with E-state index in [1.54, 1.807) is 67.0 Å². The van der Waals surface area contributed by atoms with Gasteiger partial charge in [-0.15, -0.1) is 0 Å². The van der Waals surface area contributed by atoms with E-state index in [0.717, 1.165) is 15.9 Å². The molecule has 8 heteroatoms. The zero-order valence-corrected chi connectivity index (χ0v) is 16.7.